The smallest absolute Gasteiger partial charge is 0.240 e. The van der Waals surface area contributed by atoms with Crippen molar-refractivity contribution in [3.8, 4) is 17.6 Å². The predicted octanol–water partition coefficient (Wildman–Crippen LogP) is 0.882. The zero-order valence-electron chi connectivity index (χ0n) is 14.0. The molecule has 7 heteroatoms. The van der Waals surface area contributed by atoms with Crippen LogP contribution in [0.1, 0.15) is 12.8 Å². The molecule has 1 aliphatic rings. The topological polar surface area (TPSA) is 88.6 Å². The van der Waals surface area contributed by atoms with E-state index in [2.05, 4.69) is 22.1 Å². The number of hydrogen-bond acceptors (Lipinski definition) is 5. The van der Waals surface area contributed by atoms with E-state index in [4.69, 9.17) is 4.74 Å². The Morgan fingerprint density at radius 3 is 2.81 bits per heavy atom. The second-order valence-corrected chi connectivity index (χ2v) is 5.65. The van der Waals surface area contributed by atoms with E-state index in [1.807, 2.05) is 30.3 Å². The minimum absolute atomic E-state index is 0.123. The number of aromatic nitrogens is 1. The number of carbonyl (C=O) groups excluding carboxylic acids is 3. The number of amides is 3. The Kier molecular flexibility index (Phi) is 5.44. The summed E-state index contributed by atoms with van der Waals surface area (Å²) in [5.74, 6) is 5.19. The molecule has 1 aromatic heterocycles. The number of hydrogen-bond donors (Lipinski definition) is 1. The lowest BCUT2D eigenvalue weighted by Gasteiger charge is -2.12. The molecule has 1 fully saturated rings. The van der Waals surface area contributed by atoms with E-state index in [0.717, 1.165) is 15.8 Å². The number of nitrogens with zero attached hydrogens (tertiary/aromatic N) is 2. The van der Waals surface area contributed by atoms with Gasteiger partial charge in [-0.1, -0.05) is 17.9 Å². The monoisotopic (exact) mass is 351 g/mol. The lowest BCUT2D eigenvalue weighted by Crippen LogP contribution is -2.40. The number of nitrogens with one attached hydrogen (secondary N) is 1. The highest BCUT2D eigenvalue weighted by atomic mass is 16.5. The zero-order chi connectivity index (χ0) is 18.4. The van der Waals surface area contributed by atoms with Crippen LogP contribution in [-0.4, -0.2) is 47.3 Å². The molecule has 0 radical (unpaired) electrons. The van der Waals surface area contributed by atoms with E-state index in [9.17, 15) is 14.4 Å². The van der Waals surface area contributed by atoms with Gasteiger partial charge in [0.15, 0.2) is 0 Å². The fourth-order valence-electron chi connectivity index (χ4n) is 2.51. The van der Waals surface area contributed by atoms with Gasteiger partial charge in [-0.25, -0.2) is 0 Å². The fourth-order valence-corrected chi connectivity index (χ4v) is 2.51. The Morgan fingerprint density at radius 1 is 1.19 bits per heavy atom. The number of imide groups is 1. The average molecular weight is 351 g/mol. The molecule has 0 spiro atoms. The predicted molar refractivity (Wildman–Crippen MR) is 94.0 cm³/mol. The van der Waals surface area contributed by atoms with Crippen LogP contribution in [0.3, 0.4) is 0 Å². The lowest BCUT2D eigenvalue weighted by molar-refractivity contribution is -0.142. The highest BCUT2D eigenvalue weighted by Crippen LogP contribution is 2.18. The van der Waals surface area contributed by atoms with E-state index < -0.39 is 5.91 Å². The number of likely N-dealkylation sites (tertiary alicyclic amines) is 1. The van der Waals surface area contributed by atoms with Crippen molar-refractivity contribution in [1.82, 2.24) is 15.2 Å². The molecule has 2 heterocycles. The van der Waals surface area contributed by atoms with Crippen molar-refractivity contribution in [1.29, 1.82) is 0 Å². The fraction of sp³-hybridized carbons (Fsp3) is 0.263. The van der Waals surface area contributed by atoms with Gasteiger partial charge < -0.3 is 10.1 Å². The summed E-state index contributed by atoms with van der Waals surface area (Å²) in [5, 5.41) is 3.58. The van der Waals surface area contributed by atoms with Gasteiger partial charge in [0.1, 0.15) is 18.9 Å². The van der Waals surface area contributed by atoms with Gasteiger partial charge in [-0.15, -0.1) is 0 Å². The van der Waals surface area contributed by atoms with Crippen molar-refractivity contribution in [2.45, 2.75) is 12.8 Å². The van der Waals surface area contributed by atoms with Crippen LogP contribution in [-0.2, 0) is 14.4 Å². The van der Waals surface area contributed by atoms with Crippen LogP contribution in [0.2, 0.25) is 0 Å². The molecule has 0 bridgehead atoms. The Morgan fingerprint density at radius 2 is 2.00 bits per heavy atom. The quantitative estimate of drug-likeness (QED) is 0.638. The molecule has 7 nitrogen and oxygen atoms in total. The van der Waals surface area contributed by atoms with Crippen LogP contribution in [0.4, 0.5) is 0 Å². The normalized spacial score (nSPS) is 13.5. The average Bonchev–Trinajstić information content (AvgIpc) is 2.96. The molecule has 1 N–H and O–H groups in total. The molecule has 132 valence electrons. The first kappa shape index (κ1) is 17.4. The number of rotatable bonds is 5. The van der Waals surface area contributed by atoms with E-state index in [0.29, 0.717) is 5.75 Å². The van der Waals surface area contributed by atoms with Crippen LogP contribution in [0.5, 0.6) is 5.75 Å². The largest absolute Gasteiger partial charge is 0.481 e. The van der Waals surface area contributed by atoms with E-state index >= 15 is 0 Å². The van der Waals surface area contributed by atoms with E-state index in [-0.39, 0.29) is 44.4 Å². The van der Waals surface area contributed by atoms with Crippen LogP contribution in [0.15, 0.2) is 36.5 Å². The number of carbonyl (C=O) groups is 3. The Hall–Kier alpha value is -3.40. The molecule has 3 amide bonds. The first-order chi connectivity index (χ1) is 12.6. The minimum atomic E-state index is -0.413. The summed E-state index contributed by atoms with van der Waals surface area (Å²) in [6, 6.07) is 9.45. The molecule has 3 rings (SSSR count). The summed E-state index contributed by atoms with van der Waals surface area (Å²) >= 11 is 0. The third-order valence-corrected chi connectivity index (χ3v) is 3.84. The summed E-state index contributed by atoms with van der Waals surface area (Å²) in [4.78, 5) is 39.8. The van der Waals surface area contributed by atoms with Crippen molar-refractivity contribution < 1.29 is 19.1 Å². The van der Waals surface area contributed by atoms with Crippen LogP contribution >= 0.6 is 0 Å². The van der Waals surface area contributed by atoms with Gasteiger partial charge in [0.2, 0.25) is 17.7 Å². The van der Waals surface area contributed by atoms with Gasteiger partial charge in [0.05, 0.1) is 12.1 Å². The Bertz CT molecular complexity index is 898. The lowest BCUT2D eigenvalue weighted by atomic mass is 10.2. The number of ether oxygens (including phenoxy) is 1. The summed E-state index contributed by atoms with van der Waals surface area (Å²) < 4.78 is 5.53. The van der Waals surface area contributed by atoms with Crippen molar-refractivity contribution in [2.24, 2.45) is 0 Å². The van der Waals surface area contributed by atoms with Gasteiger partial charge in [0, 0.05) is 30.5 Å². The van der Waals surface area contributed by atoms with Gasteiger partial charge in [0.25, 0.3) is 0 Å². The van der Waals surface area contributed by atoms with Gasteiger partial charge in [-0.05, 0) is 18.2 Å². The Balaban J connectivity index is 1.40. The Labute approximate surface area is 150 Å². The standard InChI is InChI=1S/C19H17N3O4/c23-17(13-22-18(24)7-8-19(22)25)21-9-1-2-11-26-15-6-5-14-4-3-10-20-16(14)12-15/h3-6,10,12H,7-9,11,13H2,(H,21,23). The minimum Gasteiger partial charge on any atom is -0.481 e. The van der Waals surface area contributed by atoms with Gasteiger partial charge in [-0.3, -0.25) is 24.3 Å². The molecule has 1 saturated heterocycles. The van der Waals surface area contributed by atoms with E-state index in [1.54, 1.807) is 6.20 Å². The zero-order valence-corrected chi connectivity index (χ0v) is 14.0. The molecule has 2 aromatic rings. The molecular formula is C19H17N3O4. The molecule has 0 unspecified atom stereocenters. The molecule has 1 aromatic carbocycles. The summed E-state index contributed by atoms with van der Waals surface area (Å²) in [5.41, 5.74) is 0.844. The molecule has 1 aliphatic heterocycles. The van der Waals surface area contributed by atoms with Crippen molar-refractivity contribution in [3.05, 3.63) is 36.5 Å². The number of benzene rings is 1. The van der Waals surface area contributed by atoms with Gasteiger partial charge in [-0.2, -0.15) is 0 Å². The highest BCUT2D eigenvalue weighted by molar-refractivity contribution is 6.04. The summed E-state index contributed by atoms with van der Waals surface area (Å²) in [6.45, 7) is 0.0505. The number of pyridine rings is 1. The third-order valence-electron chi connectivity index (χ3n) is 3.84. The molecule has 26 heavy (non-hydrogen) atoms. The molecular weight excluding hydrogens is 334 g/mol. The third kappa shape index (κ3) is 4.36. The van der Waals surface area contributed by atoms with Gasteiger partial charge >= 0.3 is 0 Å². The SMILES string of the molecule is O=C(CN1C(=O)CCC1=O)NCC#CCOc1ccc2cccnc2c1. The van der Waals surface area contributed by atoms with Crippen LogP contribution < -0.4 is 10.1 Å². The summed E-state index contributed by atoms with van der Waals surface area (Å²) in [6.07, 6.45) is 2.07. The van der Waals surface area contributed by atoms with E-state index in [1.165, 1.54) is 0 Å². The maximum absolute atomic E-state index is 11.7. The van der Waals surface area contributed by atoms with Crippen molar-refractivity contribution >= 4 is 28.6 Å². The van der Waals surface area contributed by atoms with Crippen molar-refractivity contribution in [3.63, 3.8) is 0 Å². The van der Waals surface area contributed by atoms with Crippen LogP contribution in [0, 0.1) is 11.8 Å². The highest BCUT2D eigenvalue weighted by Gasteiger charge is 2.30. The van der Waals surface area contributed by atoms with Crippen LogP contribution in [0.25, 0.3) is 10.9 Å². The molecule has 0 aliphatic carbocycles. The second-order valence-electron chi connectivity index (χ2n) is 5.65. The van der Waals surface area contributed by atoms with Crippen molar-refractivity contribution in [2.75, 3.05) is 19.7 Å². The maximum atomic E-state index is 11.7. The first-order valence-electron chi connectivity index (χ1n) is 8.17. The molecule has 0 saturated carbocycles. The first-order valence-corrected chi connectivity index (χ1v) is 8.17. The summed E-state index contributed by atoms with van der Waals surface area (Å²) in [7, 11) is 0. The second kappa shape index (κ2) is 8.12. The molecule has 0 atom stereocenters. The maximum Gasteiger partial charge on any atom is 0.240 e. The number of fused-ring (bicyclic) bond motifs is 1.